The molecule has 78 valence electrons. The lowest BCUT2D eigenvalue weighted by Gasteiger charge is -2.17. The third-order valence-electron chi connectivity index (χ3n) is 2.58. The first-order chi connectivity index (χ1) is 6.47. The average Bonchev–Trinajstić information content (AvgIpc) is 2.45. The molecule has 0 bridgehead atoms. The summed E-state index contributed by atoms with van der Waals surface area (Å²) in [6, 6.07) is 0.263. The summed E-state index contributed by atoms with van der Waals surface area (Å²) in [6.45, 7) is 7.32. The molecular weight excluding hydrogens is 176 g/mol. The van der Waals surface area contributed by atoms with Crippen LogP contribution in [0.2, 0.25) is 0 Å². The lowest BCUT2D eigenvalue weighted by molar-refractivity contribution is 0.428. The number of hydrogen-bond donors (Lipinski definition) is 1. The van der Waals surface area contributed by atoms with Crippen LogP contribution in [0, 0.1) is 0 Å². The number of nitrogens with zero attached hydrogens (tertiary/aromatic N) is 3. The van der Waals surface area contributed by atoms with Gasteiger partial charge in [-0.3, -0.25) is 0 Å². The van der Waals surface area contributed by atoms with E-state index in [1.807, 2.05) is 4.68 Å². The zero-order valence-corrected chi connectivity index (χ0v) is 9.12. The highest BCUT2D eigenvalue weighted by Crippen LogP contribution is 2.20. The zero-order valence-electron chi connectivity index (χ0n) is 9.12. The van der Waals surface area contributed by atoms with E-state index in [4.69, 9.17) is 5.73 Å². The minimum atomic E-state index is 0.0361. The molecule has 4 nitrogen and oxygen atoms in total. The Balaban J connectivity index is 2.32. The lowest BCUT2D eigenvalue weighted by atomic mass is 9.96. The summed E-state index contributed by atoms with van der Waals surface area (Å²) in [7, 11) is 0. The Morgan fingerprint density at radius 1 is 1.43 bits per heavy atom. The summed E-state index contributed by atoms with van der Waals surface area (Å²) >= 11 is 0. The van der Waals surface area contributed by atoms with Crippen LogP contribution in [0.25, 0.3) is 0 Å². The molecule has 1 aromatic rings. The largest absolute Gasteiger partial charge is 0.327 e. The summed E-state index contributed by atoms with van der Waals surface area (Å²) in [5.74, 6) is 1.98. The fourth-order valence-electron chi connectivity index (χ4n) is 1.65. The Morgan fingerprint density at radius 3 is 2.79 bits per heavy atom. The van der Waals surface area contributed by atoms with Crippen molar-refractivity contribution >= 4 is 0 Å². The highest BCUT2D eigenvalue weighted by atomic mass is 15.4. The molecule has 0 fully saturated rings. The van der Waals surface area contributed by atoms with Gasteiger partial charge >= 0.3 is 0 Å². The summed E-state index contributed by atoms with van der Waals surface area (Å²) in [5.41, 5.74) is 5.92. The van der Waals surface area contributed by atoms with Gasteiger partial charge in [0.1, 0.15) is 5.82 Å². The molecule has 4 heteroatoms. The smallest absolute Gasteiger partial charge is 0.156 e. The summed E-state index contributed by atoms with van der Waals surface area (Å²) in [5, 5.41) is 4.51. The molecule has 2 rings (SSSR count). The van der Waals surface area contributed by atoms with Crippen LogP contribution in [-0.4, -0.2) is 20.8 Å². The molecule has 0 aromatic carbocycles. The van der Waals surface area contributed by atoms with Gasteiger partial charge in [-0.1, -0.05) is 20.8 Å². The van der Waals surface area contributed by atoms with Gasteiger partial charge < -0.3 is 5.73 Å². The maximum absolute atomic E-state index is 5.89. The van der Waals surface area contributed by atoms with Crippen molar-refractivity contribution in [1.82, 2.24) is 14.8 Å². The first-order valence-electron chi connectivity index (χ1n) is 5.16. The Labute approximate surface area is 84.5 Å². The van der Waals surface area contributed by atoms with Crippen molar-refractivity contribution in [3.63, 3.8) is 0 Å². The van der Waals surface area contributed by atoms with Crippen LogP contribution in [0.3, 0.4) is 0 Å². The first-order valence-corrected chi connectivity index (χ1v) is 5.16. The molecule has 2 N–H and O–H groups in total. The molecule has 0 radical (unpaired) electrons. The van der Waals surface area contributed by atoms with Crippen molar-refractivity contribution in [3.05, 3.63) is 11.6 Å². The summed E-state index contributed by atoms with van der Waals surface area (Å²) in [6.07, 6.45) is 1.88. The monoisotopic (exact) mass is 194 g/mol. The van der Waals surface area contributed by atoms with Crippen LogP contribution >= 0.6 is 0 Å². The Hall–Kier alpha value is -0.900. The molecule has 2 heterocycles. The van der Waals surface area contributed by atoms with Gasteiger partial charge in [0.25, 0.3) is 0 Å². The second-order valence-electron chi connectivity index (χ2n) is 5.08. The van der Waals surface area contributed by atoms with Crippen LogP contribution < -0.4 is 5.73 Å². The van der Waals surface area contributed by atoms with Crippen LogP contribution in [-0.2, 0) is 18.4 Å². The van der Waals surface area contributed by atoms with Crippen LogP contribution in [0.15, 0.2) is 0 Å². The first kappa shape index (κ1) is 9.65. The van der Waals surface area contributed by atoms with E-state index in [2.05, 4.69) is 30.9 Å². The Morgan fingerprint density at radius 2 is 2.14 bits per heavy atom. The summed E-state index contributed by atoms with van der Waals surface area (Å²) < 4.78 is 2.00. The van der Waals surface area contributed by atoms with Gasteiger partial charge in [0.15, 0.2) is 5.82 Å². The number of aryl methyl sites for hydroxylation is 1. The summed E-state index contributed by atoms with van der Waals surface area (Å²) in [4.78, 5) is 4.54. The van der Waals surface area contributed by atoms with Crippen molar-refractivity contribution < 1.29 is 0 Å². The fraction of sp³-hybridized carbons (Fsp3) is 0.800. The van der Waals surface area contributed by atoms with E-state index in [1.165, 1.54) is 0 Å². The Bertz CT molecular complexity index is 334. The second-order valence-corrected chi connectivity index (χ2v) is 5.08. The van der Waals surface area contributed by atoms with E-state index in [0.29, 0.717) is 0 Å². The number of hydrogen-bond acceptors (Lipinski definition) is 3. The second kappa shape index (κ2) is 3.05. The van der Waals surface area contributed by atoms with E-state index in [0.717, 1.165) is 31.0 Å². The minimum Gasteiger partial charge on any atom is -0.327 e. The maximum Gasteiger partial charge on any atom is 0.156 e. The average molecular weight is 194 g/mol. The number of aromatic nitrogens is 3. The van der Waals surface area contributed by atoms with Gasteiger partial charge in [0, 0.05) is 24.4 Å². The third-order valence-corrected chi connectivity index (χ3v) is 2.58. The van der Waals surface area contributed by atoms with E-state index in [1.54, 1.807) is 0 Å². The molecule has 0 saturated carbocycles. The highest BCUT2D eigenvalue weighted by Gasteiger charge is 2.24. The number of nitrogens with two attached hydrogens (primary N) is 1. The molecule has 0 amide bonds. The predicted octanol–water partition coefficient (Wildman–Crippen LogP) is 0.849. The van der Waals surface area contributed by atoms with Crippen LogP contribution in [0.4, 0.5) is 0 Å². The van der Waals surface area contributed by atoms with Crippen molar-refractivity contribution in [2.24, 2.45) is 5.73 Å². The van der Waals surface area contributed by atoms with Crippen molar-refractivity contribution in [2.45, 2.75) is 51.6 Å². The molecule has 1 atom stereocenters. The van der Waals surface area contributed by atoms with Gasteiger partial charge in [-0.25, -0.2) is 9.67 Å². The van der Waals surface area contributed by atoms with Gasteiger partial charge in [0.2, 0.25) is 0 Å². The van der Waals surface area contributed by atoms with E-state index in [-0.39, 0.29) is 11.5 Å². The molecule has 1 aliphatic heterocycles. The van der Waals surface area contributed by atoms with Gasteiger partial charge in [0.05, 0.1) is 0 Å². The number of fused-ring (bicyclic) bond motifs is 1. The Kier molecular flexibility index (Phi) is 2.10. The van der Waals surface area contributed by atoms with Crippen LogP contribution in [0.1, 0.15) is 38.8 Å². The molecular formula is C10H18N4. The van der Waals surface area contributed by atoms with E-state index >= 15 is 0 Å². The van der Waals surface area contributed by atoms with Crippen molar-refractivity contribution in [1.29, 1.82) is 0 Å². The molecule has 0 aliphatic carbocycles. The number of rotatable bonds is 0. The molecule has 0 saturated heterocycles. The van der Waals surface area contributed by atoms with Crippen molar-refractivity contribution in [2.75, 3.05) is 0 Å². The standard InChI is InChI=1S/C10H18N4/c1-10(2,3)9-12-8-6-7(11)4-5-14(8)13-9/h7H,4-6,11H2,1-3H3. The molecule has 14 heavy (non-hydrogen) atoms. The lowest BCUT2D eigenvalue weighted by Crippen LogP contribution is -2.31. The quantitative estimate of drug-likeness (QED) is 0.666. The fourth-order valence-corrected chi connectivity index (χ4v) is 1.65. The van der Waals surface area contributed by atoms with Gasteiger partial charge in [-0.15, -0.1) is 0 Å². The molecule has 1 unspecified atom stereocenters. The normalized spacial score (nSPS) is 22.1. The molecule has 1 aromatic heterocycles. The van der Waals surface area contributed by atoms with E-state index in [9.17, 15) is 0 Å². The molecule has 1 aliphatic rings. The highest BCUT2D eigenvalue weighted by molar-refractivity contribution is 5.05. The minimum absolute atomic E-state index is 0.0361. The third kappa shape index (κ3) is 1.66. The van der Waals surface area contributed by atoms with Gasteiger partial charge in [-0.2, -0.15) is 5.10 Å². The van der Waals surface area contributed by atoms with E-state index < -0.39 is 0 Å². The SMILES string of the molecule is CC(C)(C)c1nc2n(n1)CCC(N)C2. The predicted molar refractivity (Wildman–Crippen MR) is 55.0 cm³/mol. The topological polar surface area (TPSA) is 56.7 Å². The molecule has 0 spiro atoms. The van der Waals surface area contributed by atoms with Crippen molar-refractivity contribution in [3.8, 4) is 0 Å². The van der Waals surface area contributed by atoms with Gasteiger partial charge in [-0.05, 0) is 6.42 Å². The zero-order chi connectivity index (χ0) is 10.3. The maximum atomic E-state index is 5.89. The van der Waals surface area contributed by atoms with Crippen LogP contribution in [0.5, 0.6) is 0 Å².